The van der Waals surface area contributed by atoms with Gasteiger partial charge in [-0.05, 0) is 23.5 Å². The van der Waals surface area contributed by atoms with Crippen molar-refractivity contribution in [1.29, 1.82) is 0 Å². The second-order valence-electron chi connectivity index (χ2n) is 5.45. The fourth-order valence-corrected chi connectivity index (χ4v) is 3.09. The molecule has 0 saturated carbocycles. The molecule has 0 heterocycles. The number of halogens is 4. The predicted molar refractivity (Wildman–Crippen MR) is 76.2 cm³/mol. The molecular formula is C15H16BrF3O. The van der Waals surface area contributed by atoms with E-state index in [0.29, 0.717) is 10.0 Å². The van der Waals surface area contributed by atoms with Gasteiger partial charge >= 0.3 is 6.18 Å². The van der Waals surface area contributed by atoms with Crippen molar-refractivity contribution in [3.05, 3.63) is 34.3 Å². The molecule has 1 unspecified atom stereocenters. The average Bonchev–Trinajstić information content (AvgIpc) is 2.27. The van der Waals surface area contributed by atoms with Crippen molar-refractivity contribution in [3.8, 4) is 12.3 Å². The summed E-state index contributed by atoms with van der Waals surface area (Å²) in [5, 5.41) is 9.95. The minimum Gasteiger partial charge on any atom is -0.380 e. The van der Waals surface area contributed by atoms with E-state index in [1.807, 2.05) is 5.92 Å². The molecule has 0 radical (unpaired) electrons. The lowest BCUT2D eigenvalue weighted by Crippen LogP contribution is -2.48. The van der Waals surface area contributed by atoms with Crippen LogP contribution in [0, 0.1) is 12.3 Å². The summed E-state index contributed by atoms with van der Waals surface area (Å²) >= 11 is 3.33. The lowest BCUT2D eigenvalue weighted by atomic mass is 9.74. The third-order valence-corrected chi connectivity index (χ3v) is 3.95. The zero-order chi connectivity index (χ0) is 15.6. The summed E-state index contributed by atoms with van der Waals surface area (Å²) in [6.07, 6.45) is -1.05. The smallest absolute Gasteiger partial charge is 0.380 e. The molecule has 0 aliphatic heterocycles. The average molecular weight is 349 g/mol. The number of rotatable bonds is 4. The topological polar surface area (TPSA) is 20.2 Å². The summed E-state index contributed by atoms with van der Waals surface area (Å²) in [6.45, 7) is 3.31. The molecule has 0 saturated heterocycles. The zero-order valence-corrected chi connectivity index (χ0v) is 12.8. The lowest BCUT2D eigenvalue weighted by Gasteiger charge is -2.37. The Balaban J connectivity index is 3.17. The summed E-state index contributed by atoms with van der Waals surface area (Å²) < 4.78 is 39.9. The highest BCUT2D eigenvalue weighted by molar-refractivity contribution is 9.10. The molecule has 110 valence electrons. The van der Waals surface area contributed by atoms with E-state index in [1.54, 1.807) is 38.1 Å². The van der Waals surface area contributed by atoms with Crippen LogP contribution in [0.4, 0.5) is 13.2 Å². The molecule has 0 aliphatic rings. The van der Waals surface area contributed by atoms with Crippen LogP contribution in [-0.2, 0) is 5.41 Å². The minimum atomic E-state index is -4.77. The third-order valence-electron chi connectivity index (χ3n) is 3.26. The number of hydrogen-bond acceptors (Lipinski definition) is 1. The van der Waals surface area contributed by atoms with Gasteiger partial charge in [0, 0.05) is 10.9 Å². The van der Waals surface area contributed by atoms with E-state index in [2.05, 4.69) is 15.9 Å². The molecule has 1 rings (SSSR count). The molecule has 0 bridgehead atoms. The maximum Gasteiger partial charge on any atom is 0.418 e. The van der Waals surface area contributed by atoms with Crippen LogP contribution in [0.3, 0.4) is 0 Å². The van der Waals surface area contributed by atoms with Crippen molar-refractivity contribution in [3.63, 3.8) is 0 Å². The Bertz CT molecular complexity index is 517. The standard InChI is InChI=1S/C15H16BrF3O/c1-4-9-14(20,15(17,18)19)10-13(2,3)11-7-5-6-8-12(11)16/h1,5-8,20H,9-10H2,2-3H3. The van der Waals surface area contributed by atoms with Crippen LogP contribution in [0.2, 0.25) is 0 Å². The largest absolute Gasteiger partial charge is 0.418 e. The van der Waals surface area contributed by atoms with Gasteiger partial charge in [0.05, 0.1) is 0 Å². The van der Waals surface area contributed by atoms with Gasteiger partial charge in [-0.15, -0.1) is 12.3 Å². The molecule has 1 atom stereocenters. The van der Waals surface area contributed by atoms with E-state index < -0.39 is 30.0 Å². The van der Waals surface area contributed by atoms with E-state index >= 15 is 0 Å². The van der Waals surface area contributed by atoms with Crippen LogP contribution in [0.25, 0.3) is 0 Å². The lowest BCUT2D eigenvalue weighted by molar-refractivity contribution is -0.264. The summed E-state index contributed by atoms with van der Waals surface area (Å²) in [5.41, 5.74) is -3.08. The van der Waals surface area contributed by atoms with Gasteiger partial charge in [-0.1, -0.05) is 48.0 Å². The van der Waals surface area contributed by atoms with Crippen molar-refractivity contribution >= 4 is 15.9 Å². The van der Waals surface area contributed by atoms with Gasteiger partial charge in [-0.25, -0.2) is 0 Å². The van der Waals surface area contributed by atoms with E-state index in [9.17, 15) is 18.3 Å². The molecule has 1 aromatic carbocycles. The summed E-state index contributed by atoms with van der Waals surface area (Å²) in [4.78, 5) is 0. The maximum atomic E-state index is 13.1. The van der Waals surface area contributed by atoms with E-state index in [1.165, 1.54) is 0 Å². The number of benzene rings is 1. The second kappa shape index (κ2) is 5.79. The first kappa shape index (κ1) is 17.1. The molecule has 1 aromatic rings. The Labute approximate surface area is 125 Å². The van der Waals surface area contributed by atoms with Crippen LogP contribution in [0.5, 0.6) is 0 Å². The molecule has 0 spiro atoms. The number of terminal acetylenes is 1. The van der Waals surface area contributed by atoms with Crippen molar-refractivity contribution in [2.45, 2.75) is 43.9 Å². The first-order valence-electron chi connectivity index (χ1n) is 6.01. The highest BCUT2D eigenvalue weighted by Gasteiger charge is 2.55. The molecule has 1 nitrogen and oxygen atoms in total. The van der Waals surface area contributed by atoms with Gasteiger partial charge in [-0.3, -0.25) is 0 Å². The fraction of sp³-hybridized carbons (Fsp3) is 0.467. The summed E-state index contributed by atoms with van der Waals surface area (Å²) in [5.74, 6) is 1.92. The normalized spacial score (nSPS) is 15.5. The summed E-state index contributed by atoms with van der Waals surface area (Å²) in [7, 11) is 0. The fourth-order valence-electron chi connectivity index (χ4n) is 2.27. The van der Waals surface area contributed by atoms with E-state index in [0.717, 1.165) is 0 Å². The van der Waals surface area contributed by atoms with E-state index in [4.69, 9.17) is 6.42 Å². The summed E-state index contributed by atoms with van der Waals surface area (Å²) in [6, 6.07) is 7.01. The number of aliphatic hydroxyl groups is 1. The second-order valence-corrected chi connectivity index (χ2v) is 6.31. The van der Waals surface area contributed by atoms with Crippen LogP contribution < -0.4 is 0 Å². The number of hydrogen-bond donors (Lipinski definition) is 1. The molecule has 1 N–H and O–H groups in total. The first-order valence-corrected chi connectivity index (χ1v) is 6.80. The van der Waals surface area contributed by atoms with Crippen LogP contribution in [0.1, 0.15) is 32.3 Å². The maximum absolute atomic E-state index is 13.1. The van der Waals surface area contributed by atoms with Gasteiger partial charge in [0.2, 0.25) is 0 Å². The zero-order valence-electron chi connectivity index (χ0n) is 11.3. The quantitative estimate of drug-likeness (QED) is 0.798. The van der Waals surface area contributed by atoms with Gasteiger partial charge in [0.1, 0.15) is 0 Å². The van der Waals surface area contributed by atoms with Crippen molar-refractivity contribution < 1.29 is 18.3 Å². The molecule has 0 amide bonds. The molecule has 0 fully saturated rings. The monoisotopic (exact) mass is 348 g/mol. The highest BCUT2D eigenvalue weighted by Crippen LogP contribution is 2.44. The first-order chi connectivity index (χ1) is 9.03. The Morgan fingerprint density at radius 1 is 1.25 bits per heavy atom. The highest BCUT2D eigenvalue weighted by atomic mass is 79.9. The van der Waals surface area contributed by atoms with E-state index in [-0.39, 0.29) is 0 Å². The van der Waals surface area contributed by atoms with Gasteiger partial charge < -0.3 is 5.11 Å². The Kier molecular flexibility index (Phi) is 4.94. The minimum absolute atomic E-state index is 0.504. The molecule has 5 heteroatoms. The molecular weight excluding hydrogens is 333 g/mol. The molecule has 0 aromatic heterocycles. The Hall–Kier alpha value is -0.990. The SMILES string of the molecule is C#CCC(O)(CC(C)(C)c1ccccc1Br)C(F)(F)F. The Morgan fingerprint density at radius 3 is 2.25 bits per heavy atom. The van der Waals surface area contributed by atoms with Crippen LogP contribution >= 0.6 is 15.9 Å². The van der Waals surface area contributed by atoms with Gasteiger partial charge in [-0.2, -0.15) is 13.2 Å². The van der Waals surface area contributed by atoms with Crippen LogP contribution in [0.15, 0.2) is 28.7 Å². The molecule has 20 heavy (non-hydrogen) atoms. The van der Waals surface area contributed by atoms with Crippen molar-refractivity contribution in [1.82, 2.24) is 0 Å². The van der Waals surface area contributed by atoms with Gasteiger partial charge in [0.25, 0.3) is 0 Å². The van der Waals surface area contributed by atoms with Gasteiger partial charge in [0.15, 0.2) is 5.60 Å². The van der Waals surface area contributed by atoms with Crippen molar-refractivity contribution in [2.75, 3.05) is 0 Å². The Morgan fingerprint density at radius 2 is 1.80 bits per heavy atom. The predicted octanol–water partition coefficient (Wildman–Crippen LogP) is 4.43. The third kappa shape index (κ3) is 3.56. The van der Waals surface area contributed by atoms with Crippen molar-refractivity contribution in [2.24, 2.45) is 0 Å². The van der Waals surface area contributed by atoms with Crippen LogP contribution in [-0.4, -0.2) is 16.9 Å². The molecule has 0 aliphatic carbocycles. The number of alkyl halides is 3.